The number of halogens is 2. The number of urea groups is 1. The van der Waals surface area contributed by atoms with Gasteiger partial charge in [0.1, 0.15) is 6.04 Å². The molecule has 0 aliphatic heterocycles. The Balaban J connectivity index is 2.70. The van der Waals surface area contributed by atoms with Gasteiger partial charge in [-0.05, 0) is 34.1 Å². The van der Waals surface area contributed by atoms with Crippen molar-refractivity contribution in [1.29, 1.82) is 0 Å². The summed E-state index contributed by atoms with van der Waals surface area (Å²) in [6, 6.07) is 2.49. The number of hydrogen-bond acceptors (Lipinski definition) is 3. The van der Waals surface area contributed by atoms with Gasteiger partial charge in [-0.15, -0.1) is 0 Å². The Labute approximate surface area is 127 Å². The summed E-state index contributed by atoms with van der Waals surface area (Å²) in [6.07, 6.45) is -0.495. The fourth-order valence-corrected chi connectivity index (χ4v) is 2.09. The fraction of sp³-hybridized carbons (Fsp3) is 0.182. The topological polar surface area (TPSA) is 122 Å². The van der Waals surface area contributed by atoms with Crippen LogP contribution in [-0.4, -0.2) is 29.1 Å². The number of nitrogens with one attached hydrogen (secondary N) is 2. The van der Waals surface area contributed by atoms with Gasteiger partial charge in [0.05, 0.1) is 12.1 Å². The minimum atomic E-state index is -1.39. The van der Waals surface area contributed by atoms with Gasteiger partial charge in [-0.1, -0.05) is 11.6 Å². The van der Waals surface area contributed by atoms with Gasteiger partial charge >= 0.3 is 12.0 Å². The van der Waals surface area contributed by atoms with Crippen LogP contribution in [0.4, 0.5) is 10.5 Å². The van der Waals surface area contributed by atoms with Crippen LogP contribution in [0.5, 0.6) is 0 Å². The number of hydrogen-bond donors (Lipinski definition) is 4. The summed E-state index contributed by atoms with van der Waals surface area (Å²) in [6.45, 7) is 0. The molecule has 20 heavy (non-hydrogen) atoms. The number of rotatable bonds is 5. The third-order valence-electron chi connectivity index (χ3n) is 2.19. The zero-order valence-corrected chi connectivity index (χ0v) is 12.4. The summed E-state index contributed by atoms with van der Waals surface area (Å²) in [7, 11) is 0. The molecule has 1 rings (SSSR count). The van der Waals surface area contributed by atoms with Crippen molar-refractivity contribution in [2.45, 2.75) is 12.5 Å². The minimum Gasteiger partial charge on any atom is -0.480 e. The van der Waals surface area contributed by atoms with Crippen LogP contribution >= 0.6 is 27.5 Å². The first-order chi connectivity index (χ1) is 9.29. The second-order valence-electron chi connectivity index (χ2n) is 3.78. The summed E-state index contributed by atoms with van der Waals surface area (Å²) in [5, 5.41) is 13.9. The molecule has 0 spiro atoms. The number of primary amides is 1. The number of benzene rings is 1. The van der Waals surface area contributed by atoms with E-state index in [0.29, 0.717) is 15.2 Å². The minimum absolute atomic E-state index is 0.398. The van der Waals surface area contributed by atoms with Gasteiger partial charge < -0.3 is 21.5 Å². The Morgan fingerprint density at radius 1 is 1.40 bits per heavy atom. The molecular weight excluding hydrogens is 353 g/mol. The summed E-state index contributed by atoms with van der Waals surface area (Å²) in [4.78, 5) is 33.2. The van der Waals surface area contributed by atoms with Crippen molar-refractivity contribution in [1.82, 2.24) is 5.32 Å². The maximum Gasteiger partial charge on any atom is 0.326 e. The predicted molar refractivity (Wildman–Crippen MR) is 76.5 cm³/mol. The highest BCUT2D eigenvalue weighted by Crippen LogP contribution is 2.25. The molecule has 1 atom stereocenters. The zero-order chi connectivity index (χ0) is 15.3. The molecule has 0 aliphatic carbocycles. The van der Waals surface area contributed by atoms with E-state index < -0.39 is 30.4 Å². The van der Waals surface area contributed by atoms with Gasteiger partial charge in [-0.3, -0.25) is 4.79 Å². The number of anilines is 1. The number of amides is 3. The molecule has 3 amide bonds. The van der Waals surface area contributed by atoms with Crippen LogP contribution in [0.1, 0.15) is 6.42 Å². The van der Waals surface area contributed by atoms with Crippen molar-refractivity contribution < 1.29 is 19.5 Å². The van der Waals surface area contributed by atoms with E-state index in [1.165, 1.54) is 6.07 Å². The number of carboxylic acids is 1. The molecule has 7 nitrogen and oxygen atoms in total. The molecule has 0 aromatic heterocycles. The first-order valence-corrected chi connectivity index (χ1v) is 6.50. The Kier molecular flexibility index (Phi) is 5.78. The van der Waals surface area contributed by atoms with Gasteiger partial charge in [-0.25, -0.2) is 9.59 Å². The van der Waals surface area contributed by atoms with Crippen LogP contribution in [-0.2, 0) is 9.59 Å². The van der Waals surface area contributed by atoms with Gasteiger partial charge in [0.25, 0.3) is 0 Å². The zero-order valence-electron chi connectivity index (χ0n) is 10.0. The number of nitrogens with two attached hydrogens (primary N) is 1. The van der Waals surface area contributed by atoms with Gasteiger partial charge in [-0.2, -0.15) is 0 Å². The van der Waals surface area contributed by atoms with E-state index in [4.69, 9.17) is 22.4 Å². The molecule has 0 saturated heterocycles. The summed E-state index contributed by atoms with van der Waals surface area (Å²) >= 11 is 8.94. The number of carbonyl (C=O) groups excluding carboxylic acids is 2. The molecule has 1 aromatic rings. The van der Waals surface area contributed by atoms with Crippen LogP contribution in [0.25, 0.3) is 0 Å². The van der Waals surface area contributed by atoms with Crippen LogP contribution < -0.4 is 16.4 Å². The molecule has 0 radical (unpaired) electrons. The molecule has 0 aliphatic rings. The van der Waals surface area contributed by atoms with E-state index in [0.717, 1.165) is 0 Å². The Bertz CT molecular complexity index is 552. The fourth-order valence-electron chi connectivity index (χ4n) is 1.31. The highest BCUT2D eigenvalue weighted by Gasteiger charge is 2.22. The third kappa shape index (κ3) is 5.06. The lowest BCUT2D eigenvalue weighted by molar-refractivity contribution is -0.140. The smallest absolute Gasteiger partial charge is 0.326 e. The van der Waals surface area contributed by atoms with Crippen molar-refractivity contribution >= 4 is 51.1 Å². The van der Waals surface area contributed by atoms with Crippen LogP contribution in [0.15, 0.2) is 22.7 Å². The van der Waals surface area contributed by atoms with E-state index in [1.807, 2.05) is 0 Å². The Hall–Kier alpha value is -1.80. The van der Waals surface area contributed by atoms with E-state index in [-0.39, 0.29) is 0 Å². The highest BCUT2D eigenvalue weighted by molar-refractivity contribution is 9.10. The van der Waals surface area contributed by atoms with E-state index in [9.17, 15) is 14.4 Å². The summed E-state index contributed by atoms with van der Waals surface area (Å²) in [5.74, 6) is -2.18. The molecule has 0 bridgehead atoms. The summed E-state index contributed by atoms with van der Waals surface area (Å²) in [5.41, 5.74) is 5.30. The second-order valence-corrected chi connectivity index (χ2v) is 5.07. The van der Waals surface area contributed by atoms with Gasteiger partial charge in [0.15, 0.2) is 0 Å². The van der Waals surface area contributed by atoms with E-state index in [2.05, 4.69) is 26.6 Å². The first-order valence-electron chi connectivity index (χ1n) is 5.33. The standard InChI is InChI=1S/C11H11BrClN3O4/c12-6-3-5(13)1-2-7(6)15-11(20)16-8(10(18)19)4-9(14)17/h1-3,8H,4H2,(H2,14,17)(H,18,19)(H2,15,16,20)/t8-/m1/s1. The molecule has 1 aromatic carbocycles. The average Bonchev–Trinajstić information content (AvgIpc) is 2.31. The molecule has 5 N–H and O–H groups in total. The summed E-state index contributed by atoms with van der Waals surface area (Å²) < 4.78 is 0.530. The van der Waals surface area contributed by atoms with Crippen molar-refractivity contribution in [2.75, 3.05) is 5.32 Å². The lowest BCUT2D eigenvalue weighted by Crippen LogP contribution is -2.45. The maximum atomic E-state index is 11.7. The molecule has 0 unspecified atom stereocenters. The molecule has 9 heteroatoms. The quantitative estimate of drug-likeness (QED) is 0.633. The Morgan fingerprint density at radius 2 is 2.05 bits per heavy atom. The van der Waals surface area contributed by atoms with E-state index in [1.54, 1.807) is 12.1 Å². The average molecular weight is 365 g/mol. The largest absolute Gasteiger partial charge is 0.480 e. The first kappa shape index (κ1) is 16.3. The second kappa shape index (κ2) is 7.11. The van der Waals surface area contributed by atoms with Crippen molar-refractivity contribution in [3.05, 3.63) is 27.7 Å². The normalized spacial score (nSPS) is 11.5. The predicted octanol–water partition coefficient (Wildman–Crippen LogP) is 1.55. The van der Waals surface area contributed by atoms with Gasteiger partial charge in [0, 0.05) is 9.50 Å². The number of carbonyl (C=O) groups is 3. The van der Waals surface area contributed by atoms with Crippen LogP contribution in [0.2, 0.25) is 5.02 Å². The highest BCUT2D eigenvalue weighted by atomic mass is 79.9. The van der Waals surface area contributed by atoms with Crippen molar-refractivity contribution in [3.63, 3.8) is 0 Å². The maximum absolute atomic E-state index is 11.7. The van der Waals surface area contributed by atoms with E-state index >= 15 is 0 Å². The van der Waals surface area contributed by atoms with Crippen LogP contribution in [0.3, 0.4) is 0 Å². The molecule has 108 valence electrons. The number of aliphatic carboxylic acids is 1. The molecule has 0 saturated carbocycles. The molecular formula is C11H11BrClN3O4. The van der Waals surface area contributed by atoms with Crippen molar-refractivity contribution in [2.24, 2.45) is 5.73 Å². The number of carboxylic acid groups (broad SMARTS) is 1. The lowest BCUT2D eigenvalue weighted by Gasteiger charge is -2.14. The molecule has 0 fully saturated rings. The van der Waals surface area contributed by atoms with Gasteiger partial charge in [0.2, 0.25) is 5.91 Å². The van der Waals surface area contributed by atoms with Crippen LogP contribution in [0, 0.1) is 0 Å². The van der Waals surface area contributed by atoms with Crippen molar-refractivity contribution in [3.8, 4) is 0 Å². The SMILES string of the molecule is NC(=O)C[C@@H](NC(=O)Nc1ccc(Cl)cc1Br)C(=O)O. The Morgan fingerprint density at radius 3 is 2.55 bits per heavy atom. The lowest BCUT2D eigenvalue weighted by atomic mass is 10.2. The third-order valence-corrected chi connectivity index (χ3v) is 3.08. The molecule has 0 heterocycles. The monoisotopic (exact) mass is 363 g/mol.